The largest absolute Gasteiger partial charge is 0.354 e. The molecule has 0 bridgehead atoms. The first-order valence-electron chi connectivity index (χ1n) is 9.43. The number of aromatic nitrogens is 2. The van der Waals surface area contributed by atoms with E-state index in [-0.39, 0.29) is 0 Å². The van der Waals surface area contributed by atoms with Crippen LogP contribution in [0.25, 0.3) is 0 Å². The highest BCUT2D eigenvalue weighted by Gasteiger charge is 2.18. The number of hydrogen-bond acceptors (Lipinski definition) is 5. The molecule has 1 aliphatic rings. The molecule has 138 valence electrons. The van der Waals surface area contributed by atoms with Crippen LogP contribution in [-0.2, 0) is 6.54 Å². The van der Waals surface area contributed by atoms with Gasteiger partial charge in [-0.05, 0) is 30.8 Å². The number of benzene rings is 2. The second kappa shape index (κ2) is 8.18. The van der Waals surface area contributed by atoms with Crippen LogP contribution in [0.2, 0.25) is 0 Å². The minimum absolute atomic E-state index is 0.733. The molecule has 0 amide bonds. The van der Waals surface area contributed by atoms with Gasteiger partial charge in [0.15, 0.2) is 0 Å². The van der Waals surface area contributed by atoms with Gasteiger partial charge in [-0.1, -0.05) is 48.5 Å². The molecular formula is C22H25N5. The van der Waals surface area contributed by atoms with Crippen LogP contribution in [0.15, 0.2) is 72.9 Å². The average molecular weight is 359 g/mol. The Labute approximate surface area is 160 Å². The standard InChI is InChI=1S/C22H25N5/c1-25-14-16-26(17-15-25)21-12-13-23-22(24-21)27(20-10-6-3-7-11-20)18-19-8-4-2-5-9-19/h2-13H,14-18H2,1H3. The van der Waals surface area contributed by atoms with Gasteiger partial charge in [-0.2, -0.15) is 4.98 Å². The fourth-order valence-corrected chi connectivity index (χ4v) is 3.33. The molecule has 3 aromatic rings. The molecule has 1 fully saturated rings. The van der Waals surface area contributed by atoms with Crippen molar-refractivity contribution >= 4 is 17.5 Å². The maximum absolute atomic E-state index is 4.92. The fraction of sp³-hybridized carbons (Fsp3) is 0.273. The molecule has 0 aliphatic carbocycles. The minimum Gasteiger partial charge on any atom is -0.354 e. The number of hydrogen-bond donors (Lipinski definition) is 0. The lowest BCUT2D eigenvalue weighted by atomic mass is 10.2. The number of para-hydroxylation sites is 1. The first-order valence-corrected chi connectivity index (χ1v) is 9.43. The van der Waals surface area contributed by atoms with E-state index in [0.29, 0.717) is 0 Å². The highest BCUT2D eigenvalue weighted by atomic mass is 15.3. The van der Waals surface area contributed by atoms with Crippen LogP contribution in [-0.4, -0.2) is 48.1 Å². The van der Waals surface area contributed by atoms with Gasteiger partial charge >= 0.3 is 0 Å². The molecule has 0 atom stereocenters. The lowest BCUT2D eigenvalue weighted by Crippen LogP contribution is -2.44. The summed E-state index contributed by atoms with van der Waals surface area (Å²) in [5.41, 5.74) is 2.33. The van der Waals surface area contributed by atoms with Crippen LogP contribution in [0.4, 0.5) is 17.5 Å². The third-order valence-corrected chi connectivity index (χ3v) is 4.95. The summed E-state index contributed by atoms with van der Waals surface area (Å²) in [7, 11) is 2.17. The van der Waals surface area contributed by atoms with Crippen molar-refractivity contribution in [2.45, 2.75) is 6.54 Å². The van der Waals surface area contributed by atoms with Gasteiger partial charge in [0.05, 0.1) is 6.54 Å². The lowest BCUT2D eigenvalue weighted by molar-refractivity contribution is 0.312. The number of piperazine rings is 1. The van der Waals surface area contributed by atoms with Gasteiger partial charge in [-0.3, -0.25) is 0 Å². The van der Waals surface area contributed by atoms with Crippen LogP contribution < -0.4 is 9.80 Å². The Bertz CT molecular complexity index is 845. The summed E-state index contributed by atoms with van der Waals surface area (Å²) in [5, 5.41) is 0. The van der Waals surface area contributed by atoms with Crippen LogP contribution in [0.1, 0.15) is 5.56 Å². The van der Waals surface area contributed by atoms with Crippen molar-refractivity contribution in [1.82, 2.24) is 14.9 Å². The van der Waals surface area contributed by atoms with E-state index in [0.717, 1.165) is 50.2 Å². The number of anilines is 3. The molecule has 5 heteroatoms. The Morgan fingerprint density at radius 3 is 2.22 bits per heavy atom. The highest BCUT2D eigenvalue weighted by Crippen LogP contribution is 2.26. The summed E-state index contributed by atoms with van der Waals surface area (Å²) >= 11 is 0. The van der Waals surface area contributed by atoms with Gasteiger partial charge in [-0.25, -0.2) is 4.98 Å². The molecular weight excluding hydrogens is 334 g/mol. The third kappa shape index (κ3) is 4.26. The van der Waals surface area contributed by atoms with Crippen molar-refractivity contribution in [2.24, 2.45) is 0 Å². The SMILES string of the molecule is CN1CCN(c2ccnc(N(Cc3ccccc3)c3ccccc3)n2)CC1. The van der Waals surface area contributed by atoms with E-state index in [1.54, 1.807) is 0 Å². The van der Waals surface area contributed by atoms with Crippen LogP contribution in [0, 0.1) is 0 Å². The monoisotopic (exact) mass is 359 g/mol. The van der Waals surface area contributed by atoms with Crippen molar-refractivity contribution in [3.8, 4) is 0 Å². The maximum Gasteiger partial charge on any atom is 0.232 e. The first-order chi connectivity index (χ1) is 13.3. The van der Waals surface area contributed by atoms with Gasteiger partial charge in [-0.15, -0.1) is 0 Å². The first kappa shape index (κ1) is 17.5. The lowest BCUT2D eigenvalue weighted by Gasteiger charge is -2.33. The average Bonchev–Trinajstić information content (AvgIpc) is 2.74. The molecule has 1 aliphatic heterocycles. The van der Waals surface area contributed by atoms with Gasteiger partial charge in [0.1, 0.15) is 5.82 Å². The number of likely N-dealkylation sites (N-methyl/N-ethyl adjacent to an activating group) is 1. The van der Waals surface area contributed by atoms with E-state index >= 15 is 0 Å². The molecule has 0 saturated carbocycles. The van der Waals surface area contributed by atoms with Crippen LogP contribution in [0.5, 0.6) is 0 Å². The topological polar surface area (TPSA) is 35.5 Å². The molecule has 4 rings (SSSR count). The Balaban J connectivity index is 1.64. The van der Waals surface area contributed by atoms with Gasteiger partial charge in [0.25, 0.3) is 0 Å². The van der Waals surface area contributed by atoms with E-state index in [1.807, 2.05) is 24.4 Å². The summed E-state index contributed by atoms with van der Waals surface area (Å²) in [6.07, 6.45) is 1.87. The van der Waals surface area contributed by atoms with Gasteiger partial charge in [0, 0.05) is 38.1 Å². The van der Waals surface area contributed by atoms with E-state index in [9.17, 15) is 0 Å². The summed E-state index contributed by atoms with van der Waals surface area (Å²) < 4.78 is 0. The second-order valence-corrected chi connectivity index (χ2v) is 6.91. The van der Waals surface area contributed by atoms with E-state index in [2.05, 4.69) is 75.3 Å². The van der Waals surface area contributed by atoms with Crippen molar-refractivity contribution in [1.29, 1.82) is 0 Å². The van der Waals surface area contributed by atoms with Crippen molar-refractivity contribution in [3.63, 3.8) is 0 Å². The third-order valence-electron chi connectivity index (χ3n) is 4.95. The van der Waals surface area contributed by atoms with E-state index < -0.39 is 0 Å². The Morgan fingerprint density at radius 1 is 0.852 bits per heavy atom. The Kier molecular flexibility index (Phi) is 5.30. The second-order valence-electron chi connectivity index (χ2n) is 6.91. The molecule has 0 radical (unpaired) electrons. The summed E-state index contributed by atoms with van der Waals surface area (Å²) in [4.78, 5) is 16.4. The quantitative estimate of drug-likeness (QED) is 0.696. The fourth-order valence-electron chi connectivity index (χ4n) is 3.33. The molecule has 0 N–H and O–H groups in total. The molecule has 2 heterocycles. The molecule has 2 aromatic carbocycles. The molecule has 27 heavy (non-hydrogen) atoms. The predicted molar refractivity (Wildman–Crippen MR) is 110 cm³/mol. The normalized spacial score (nSPS) is 14.9. The molecule has 5 nitrogen and oxygen atoms in total. The van der Waals surface area contributed by atoms with E-state index in [4.69, 9.17) is 4.98 Å². The Hall–Kier alpha value is -2.92. The minimum atomic E-state index is 0.733. The van der Waals surface area contributed by atoms with Gasteiger partial charge < -0.3 is 14.7 Å². The highest BCUT2D eigenvalue weighted by molar-refractivity contribution is 5.59. The van der Waals surface area contributed by atoms with E-state index in [1.165, 1.54) is 5.56 Å². The zero-order valence-corrected chi connectivity index (χ0v) is 15.7. The van der Waals surface area contributed by atoms with Crippen molar-refractivity contribution < 1.29 is 0 Å². The van der Waals surface area contributed by atoms with Crippen LogP contribution >= 0.6 is 0 Å². The van der Waals surface area contributed by atoms with Crippen LogP contribution in [0.3, 0.4) is 0 Å². The summed E-state index contributed by atoms with van der Waals surface area (Å²) in [6, 6.07) is 22.8. The van der Waals surface area contributed by atoms with Crippen molar-refractivity contribution in [2.75, 3.05) is 43.0 Å². The van der Waals surface area contributed by atoms with Crippen molar-refractivity contribution in [3.05, 3.63) is 78.5 Å². The molecule has 0 spiro atoms. The summed E-state index contributed by atoms with van der Waals surface area (Å²) in [5.74, 6) is 1.74. The molecule has 1 aromatic heterocycles. The number of rotatable bonds is 5. The predicted octanol–water partition coefficient (Wildman–Crippen LogP) is 3.57. The zero-order chi connectivity index (χ0) is 18.5. The summed E-state index contributed by atoms with van der Waals surface area (Å²) in [6.45, 7) is 4.85. The van der Waals surface area contributed by atoms with Gasteiger partial charge in [0.2, 0.25) is 5.95 Å². The molecule has 0 unspecified atom stereocenters. The Morgan fingerprint density at radius 2 is 1.52 bits per heavy atom. The smallest absolute Gasteiger partial charge is 0.232 e. The zero-order valence-electron chi connectivity index (χ0n) is 15.7. The maximum atomic E-state index is 4.92. The molecule has 1 saturated heterocycles. The number of nitrogens with zero attached hydrogens (tertiary/aromatic N) is 5.